The molecule has 0 aromatic heterocycles. The van der Waals surface area contributed by atoms with E-state index in [1.807, 2.05) is 0 Å². The molecule has 7 nitrogen and oxygen atoms in total. The Morgan fingerprint density at radius 1 is 0.780 bits per heavy atom. The van der Waals surface area contributed by atoms with Gasteiger partial charge in [0.1, 0.15) is 0 Å². The predicted octanol–water partition coefficient (Wildman–Crippen LogP) is 8.27. The molecule has 0 aromatic carbocycles. The topological polar surface area (TPSA) is 74.3 Å². The first-order chi connectivity index (χ1) is 24.3. The third-order valence-corrected chi connectivity index (χ3v) is 11.6. The van der Waals surface area contributed by atoms with Gasteiger partial charge in [-0.15, -0.1) is 0 Å². The molecule has 0 bridgehead atoms. The lowest BCUT2D eigenvalue weighted by atomic mass is 9.72. The van der Waals surface area contributed by atoms with E-state index < -0.39 is 12.3 Å². The summed E-state index contributed by atoms with van der Waals surface area (Å²) in [7, 11) is 2.25. The molecule has 1 heterocycles. The maximum atomic E-state index is 11.9. The van der Waals surface area contributed by atoms with Crippen molar-refractivity contribution >= 4 is 11.9 Å². The third-order valence-electron chi connectivity index (χ3n) is 11.6. The summed E-state index contributed by atoms with van der Waals surface area (Å²) in [6, 6.07) is 0.558. The average molecular weight is 692 g/mol. The number of esters is 2. The van der Waals surface area contributed by atoms with E-state index in [1.54, 1.807) is 0 Å². The van der Waals surface area contributed by atoms with Crippen LogP contribution < -0.4 is 0 Å². The minimum Gasteiger partial charge on any atom is -0.463 e. The fraction of sp³-hybridized carbons (Fsp3) is 0.767. The molecule has 0 aromatic rings. The Bertz CT molecular complexity index is 1200. The first-order valence-corrected chi connectivity index (χ1v) is 19.9. The van der Waals surface area contributed by atoms with Crippen LogP contribution in [0, 0.1) is 59.2 Å². The smallest absolute Gasteiger partial charge is 0.332 e. The van der Waals surface area contributed by atoms with Crippen LogP contribution in [0.4, 0.5) is 0 Å². The maximum Gasteiger partial charge on any atom is 0.332 e. The molecule has 0 radical (unpaired) electrons. The summed E-state index contributed by atoms with van der Waals surface area (Å²) < 4.78 is 23.1. The van der Waals surface area contributed by atoms with Crippen LogP contribution in [0.15, 0.2) is 25.3 Å². The number of unbranched alkanes of at least 4 members (excludes halogenated alkanes) is 3. The Labute approximate surface area is 303 Å². The van der Waals surface area contributed by atoms with Crippen molar-refractivity contribution < 1.29 is 28.5 Å². The summed E-state index contributed by atoms with van der Waals surface area (Å²) in [5.41, 5.74) is 0. The molecule has 0 N–H and O–H groups in total. The Balaban J connectivity index is 1.17. The normalized spacial score (nSPS) is 31.5. The lowest BCUT2D eigenvalue weighted by molar-refractivity contribution is -0.192. The molecule has 1 saturated heterocycles. The van der Waals surface area contributed by atoms with Crippen LogP contribution in [0.3, 0.4) is 0 Å². The molecule has 4 aliphatic rings. The first-order valence-electron chi connectivity index (χ1n) is 19.9. The van der Waals surface area contributed by atoms with Crippen LogP contribution in [-0.2, 0) is 28.5 Å². The van der Waals surface area contributed by atoms with Gasteiger partial charge in [-0.2, -0.15) is 0 Å². The highest BCUT2D eigenvalue weighted by molar-refractivity contribution is 5.81. The van der Waals surface area contributed by atoms with Gasteiger partial charge in [0.25, 0.3) is 0 Å². The SMILES string of the molecule is C=CC(=O)OCCCCCCOC1CCC(C#CC2CCC(C#CC3CN(C)C4CCC(OC(CCC)OC(=O)C=C)CC34)C(CC)C2)CC1. The van der Waals surface area contributed by atoms with Crippen LogP contribution >= 0.6 is 0 Å². The van der Waals surface area contributed by atoms with Gasteiger partial charge in [0.2, 0.25) is 6.29 Å². The Hall–Kier alpha value is -2.58. The summed E-state index contributed by atoms with van der Waals surface area (Å²) >= 11 is 0. The fourth-order valence-electron chi connectivity index (χ4n) is 8.67. The van der Waals surface area contributed by atoms with Gasteiger partial charge in [0.05, 0.1) is 18.8 Å². The van der Waals surface area contributed by atoms with Crippen molar-refractivity contribution in [2.24, 2.45) is 35.5 Å². The van der Waals surface area contributed by atoms with E-state index in [9.17, 15) is 9.59 Å². The zero-order valence-electron chi connectivity index (χ0n) is 31.4. The van der Waals surface area contributed by atoms with Gasteiger partial charge in [-0.05, 0) is 102 Å². The number of hydrogen-bond acceptors (Lipinski definition) is 7. The van der Waals surface area contributed by atoms with Gasteiger partial charge in [-0.3, -0.25) is 0 Å². The molecular formula is C43H65NO6. The molecular weight excluding hydrogens is 626 g/mol. The quantitative estimate of drug-likeness (QED) is 0.0531. The number of carbonyl (C=O) groups is 2. The number of likely N-dealkylation sites (tertiary alicyclic amines) is 1. The molecule has 8 unspecified atom stereocenters. The number of carbonyl (C=O) groups excluding carboxylic acids is 2. The zero-order valence-corrected chi connectivity index (χ0v) is 31.4. The van der Waals surface area contributed by atoms with Gasteiger partial charge < -0.3 is 23.8 Å². The number of hydrogen-bond donors (Lipinski definition) is 0. The lowest BCUT2D eigenvalue weighted by Gasteiger charge is -2.36. The molecule has 50 heavy (non-hydrogen) atoms. The van der Waals surface area contributed by atoms with Gasteiger partial charge in [-0.1, -0.05) is 69.9 Å². The monoisotopic (exact) mass is 691 g/mol. The van der Waals surface area contributed by atoms with Crippen molar-refractivity contribution in [1.29, 1.82) is 0 Å². The largest absolute Gasteiger partial charge is 0.463 e. The third kappa shape index (κ3) is 12.9. The van der Waals surface area contributed by atoms with Gasteiger partial charge in [0.15, 0.2) is 0 Å². The van der Waals surface area contributed by atoms with Crippen LogP contribution in [0.5, 0.6) is 0 Å². The van der Waals surface area contributed by atoms with Crippen molar-refractivity contribution in [2.45, 2.75) is 148 Å². The number of fused-ring (bicyclic) bond motifs is 1. The Morgan fingerprint density at radius 2 is 1.46 bits per heavy atom. The minimum atomic E-state index is -0.496. The van der Waals surface area contributed by atoms with Gasteiger partial charge >= 0.3 is 11.9 Å². The molecule has 3 aliphatic carbocycles. The standard InChI is InChI=1S/C43H65NO6/c1-6-14-43(50-42(46)9-4)49-38-25-26-40-39(30-38)36(31-44(40)5)22-21-35-20-17-33(29-34(35)7-2)16-15-32-18-23-37(24-19-32)47-27-12-10-11-13-28-48-41(45)8-3/h8-9,32-40,43H,3-4,6-7,10-14,17-20,23-31H2,1-2,5H3. The van der Waals surface area contributed by atoms with Crippen molar-refractivity contribution in [3.05, 3.63) is 25.3 Å². The Morgan fingerprint density at radius 3 is 2.18 bits per heavy atom. The molecule has 4 rings (SSSR count). The molecule has 0 spiro atoms. The van der Waals surface area contributed by atoms with Gasteiger partial charge in [-0.25, -0.2) is 9.59 Å². The molecule has 3 saturated carbocycles. The summed E-state index contributed by atoms with van der Waals surface area (Å²) in [6.07, 6.45) is 20.4. The van der Waals surface area contributed by atoms with Crippen molar-refractivity contribution in [1.82, 2.24) is 4.90 Å². The van der Waals surface area contributed by atoms with E-state index in [0.717, 1.165) is 109 Å². The summed E-state index contributed by atoms with van der Waals surface area (Å²) in [4.78, 5) is 25.5. The van der Waals surface area contributed by atoms with Crippen molar-refractivity contribution in [3.8, 4) is 23.7 Å². The average Bonchev–Trinajstić information content (AvgIpc) is 3.45. The molecule has 0 amide bonds. The van der Waals surface area contributed by atoms with E-state index in [0.29, 0.717) is 60.7 Å². The van der Waals surface area contributed by atoms with Crippen molar-refractivity contribution in [2.75, 3.05) is 26.8 Å². The number of ether oxygens (including phenoxy) is 4. The summed E-state index contributed by atoms with van der Waals surface area (Å²) in [5.74, 6) is 17.3. The summed E-state index contributed by atoms with van der Waals surface area (Å²) in [6.45, 7) is 13.7. The number of rotatable bonds is 16. The van der Waals surface area contributed by atoms with E-state index in [1.165, 1.54) is 18.6 Å². The highest BCUT2D eigenvalue weighted by Gasteiger charge is 2.44. The van der Waals surface area contributed by atoms with E-state index in [2.05, 4.69) is 62.6 Å². The maximum absolute atomic E-state index is 11.9. The van der Waals surface area contributed by atoms with Crippen LogP contribution in [0.2, 0.25) is 0 Å². The molecule has 8 atom stereocenters. The van der Waals surface area contributed by atoms with Crippen LogP contribution in [-0.4, -0.2) is 68.2 Å². The minimum absolute atomic E-state index is 0.102. The van der Waals surface area contributed by atoms with Crippen LogP contribution in [0.1, 0.15) is 123 Å². The second-order valence-corrected chi connectivity index (χ2v) is 15.2. The Kier molecular flexibility index (Phi) is 17.5. The summed E-state index contributed by atoms with van der Waals surface area (Å²) in [5, 5.41) is 0. The highest BCUT2D eigenvalue weighted by Crippen LogP contribution is 2.41. The predicted molar refractivity (Wildman–Crippen MR) is 199 cm³/mol. The molecule has 1 aliphatic heterocycles. The van der Waals surface area contributed by atoms with E-state index in [-0.39, 0.29) is 12.1 Å². The zero-order chi connectivity index (χ0) is 35.7. The van der Waals surface area contributed by atoms with Gasteiger partial charge in [0, 0.05) is 61.4 Å². The van der Waals surface area contributed by atoms with Crippen molar-refractivity contribution in [3.63, 3.8) is 0 Å². The fourth-order valence-corrected chi connectivity index (χ4v) is 8.67. The molecule has 7 heteroatoms. The number of nitrogens with zero attached hydrogens (tertiary/aromatic N) is 1. The first kappa shape index (κ1) is 40.2. The van der Waals surface area contributed by atoms with Crippen LogP contribution in [0.25, 0.3) is 0 Å². The molecule has 4 fully saturated rings. The highest BCUT2D eigenvalue weighted by atomic mass is 16.7. The lowest BCUT2D eigenvalue weighted by Crippen LogP contribution is -2.39. The van der Waals surface area contributed by atoms with E-state index in [4.69, 9.17) is 18.9 Å². The van der Waals surface area contributed by atoms with E-state index >= 15 is 0 Å². The second-order valence-electron chi connectivity index (χ2n) is 15.2. The second kappa shape index (κ2) is 21.7. The molecule has 278 valence electrons.